The van der Waals surface area contributed by atoms with Crippen LogP contribution in [-0.2, 0) is 10.0 Å². The minimum absolute atomic E-state index is 0. The lowest BCUT2D eigenvalue weighted by atomic mass is 10.1. The molecule has 1 aliphatic heterocycles. The minimum Gasteiger partial charge on any atom is -0.317 e. The average Bonchev–Trinajstić information content (AvgIpc) is 2.39. The fourth-order valence-corrected chi connectivity index (χ4v) is 3.86. The molecule has 0 aromatic carbocycles. The highest BCUT2D eigenvalue weighted by atomic mass is 35.5. The molecule has 0 radical (unpaired) electrons. The molecule has 0 bridgehead atoms. The SMILES string of the molecule is CN(C1CCNCC1)S(=O)(=O)c1ncccc1Cl.Cl. The van der Waals surface area contributed by atoms with E-state index in [0.717, 1.165) is 25.9 Å². The number of halogens is 2. The van der Waals surface area contributed by atoms with Crippen LogP contribution in [0.3, 0.4) is 0 Å². The lowest BCUT2D eigenvalue weighted by Gasteiger charge is -2.30. The second-order valence-corrected chi connectivity index (χ2v) is 6.61. The van der Waals surface area contributed by atoms with Gasteiger partial charge in [-0.25, -0.2) is 13.4 Å². The molecule has 0 saturated carbocycles. The number of nitrogens with one attached hydrogen (secondary N) is 1. The van der Waals surface area contributed by atoms with E-state index in [1.807, 2.05) is 0 Å². The summed E-state index contributed by atoms with van der Waals surface area (Å²) in [5.41, 5.74) is 0. The molecule has 1 saturated heterocycles. The zero-order chi connectivity index (χ0) is 13.2. The summed E-state index contributed by atoms with van der Waals surface area (Å²) >= 11 is 5.91. The van der Waals surface area contributed by atoms with Gasteiger partial charge in [0.2, 0.25) is 0 Å². The summed E-state index contributed by atoms with van der Waals surface area (Å²) in [6.45, 7) is 1.67. The summed E-state index contributed by atoms with van der Waals surface area (Å²) < 4.78 is 26.2. The second kappa shape index (κ2) is 6.85. The van der Waals surface area contributed by atoms with Crippen molar-refractivity contribution in [2.45, 2.75) is 23.9 Å². The molecule has 1 aromatic rings. The Hall–Kier alpha value is -0.400. The summed E-state index contributed by atoms with van der Waals surface area (Å²) in [6.07, 6.45) is 3.05. The maximum Gasteiger partial charge on any atom is 0.262 e. The third-order valence-electron chi connectivity index (χ3n) is 3.17. The number of piperidine rings is 1. The monoisotopic (exact) mass is 325 g/mol. The van der Waals surface area contributed by atoms with Gasteiger partial charge in [-0.1, -0.05) is 11.6 Å². The first-order valence-electron chi connectivity index (χ1n) is 5.83. The van der Waals surface area contributed by atoms with Gasteiger partial charge < -0.3 is 5.32 Å². The van der Waals surface area contributed by atoms with Crippen LogP contribution in [-0.4, -0.2) is 43.9 Å². The normalized spacial score (nSPS) is 17.2. The van der Waals surface area contributed by atoms with Gasteiger partial charge in [-0.3, -0.25) is 0 Å². The highest BCUT2D eigenvalue weighted by Gasteiger charge is 2.31. The molecule has 19 heavy (non-hydrogen) atoms. The van der Waals surface area contributed by atoms with Gasteiger partial charge in [0, 0.05) is 19.3 Å². The minimum atomic E-state index is -3.61. The smallest absolute Gasteiger partial charge is 0.262 e. The first-order chi connectivity index (χ1) is 8.53. The van der Waals surface area contributed by atoms with E-state index >= 15 is 0 Å². The fourth-order valence-electron chi connectivity index (χ4n) is 2.06. The molecule has 1 aromatic heterocycles. The highest BCUT2D eigenvalue weighted by Crippen LogP contribution is 2.24. The standard InChI is InChI=1S/C11H16ClN3O2S.ClH/c1-15(9-4-7-13-8-5-9)18(16,17)11-10(12)3-2-6-14-11;/h2-3,6,9,13H,4-5,7-8H2,1H3;1H. The lowest BCUT2D eigenvalue weighted by molar-refractivity contribution is 0.295. The van der Waals surface area contributed by atoms with Crippen LogP contribution in [0.25, 0.3) is 0 Å². The Bertz CT molecular complexity index is 518. The molecule has 0 amide bonds. The van der Waals surface area contributed by atoms with Gasteiger partial charge in [-0.2, -0.15) is 4.31 Å². The summed E-state index contributed by atoms with van der Waals surface area (Å²) in [4.78, 5) is 3.89. The Morgan fingerprint density at radius 3 is 2.63 bits per heavy atom. The molecular weight excluding hydrogens is 309 g/mol. The number of rotatable bonds is 3. The molecule has 0 aliphatic carbocycles. The average molecular weight is 326 g/mol. The van der Waals surface area contributed by atoms with Crippen molar-refractivity contribution in [3.05, 3.63) is 23.4 Å². The molecular formula is C11H17Cl2N3O2S. The van der Waals surface area contributed by atoms with Crippen molar-refractivity contribution in [1.82, 2.24) is 14.6 Å². The zero-order valence-electron chi connectivity index (χ0n) is 10.5. The van der Waals surface area contributed by atoms with E-state index in [1.165, 1.54) is 16.6 Å². The molecule has 5 nitrogen and oxygen atoms in total. The largest absolute Gasteiger partial charge is 0.317 e. The first kappa shape index (κ1) is 16.7. The van der Waals surface area contributed by atoms with Crippen LogP contribution < -0.4 is 5.32 Å². The topological polar surface area (TPSA) is 62.3 Å². The van der Waals surface area contributed by atoms with Gasteiger partial charge in [-0.05, 0) is 38.1 Å². The molecule has 2 heterocycles. The fraction of sp³-hybridized carbons (Fsp3) is 0.545. The van der Waals surface area contributed by atoms with Gasteiger partial charge in [0.15, 0.2) is 5.03 Å². The lowest BCUT2D eigenvalue weighted by Crippen LogP contribution is -2.44. The van der Waals surface area contributed by atoms with Crippen molar-refractivity contribution in [1.29, 1.82) is 0 Å². The molecule has 2 rings (SSSR count). The zero-order valence-corrected chi connectivity index (χ0v) is 12.9. The van der Waals surface area contributed by atoms with Crippen LogP contribution in [0.1, 0.15) is 12.8 Å². The molecule has 0 atom stereocenters. The van der Waals surface area contributed by atoms with Crippen molar-refractivity contribution in [2.24, 2.45) is 0 Å². The second-order valence-electron chi connectivity index (χ2n) is 4.29. The van der Waals surface area contributed by atoms with Crippen LogP contribution in [0.15, 0.2) is 23.4 Å². The quantitative estimate of drug-likeness (QED) is 0.915. The molecule has 108 valence electrons. The van der Waals surface area contributed by atoms with Crippen LogP contribution in [0.4, 0.5) is 0 Å². The number of hydrogen-bond donors (Lipinski definition) is 1. The third-order valence-corrected chi connectivity index (χ3v) is 5.46. The predicted molar refractivity (Wildman–Crippen MR) is 77.3 cm³/mol. The van der Waals surface area contributed by atoms with Crippen LogP contribution >= 0.6 is 24.0 Å². The maximum atomic E-state index is 12.4. The number of nitrogens with zero attached hydrogens (tertiary/aromatic N) is 2. The highest BCUT2D eigenvalue weighted by molar-refractivity contribution is 7.89. The van der Waals surface area contributed by atoms with Crippen molar-refractivity contribution >= 4 is 34.0 Å². The van der Waals surface area contributed by atoms with Gasteiger partial charge in [0.1, 0.15) is 0 Å². The Morgan fingerprint density at radius 1 is 1.42 bits per heavy atom. The molecule has 0 unspecified atom stereocenters. The Morgan fingerprint density at radius 2 is 2.05 bits per heavy atom. The van der Waals surface area contributed by atoms with E-state index in [-0.39, 0.29) is 28.5 Å². The molecule has 0 spiro atoms. The van der Waals surface area contributed by atoms with E-state index in [1.54, 1.807) is 13.1 Å². The van der Waals surface area contributed by atoms with Gasteiger partial charge in [0.25, 0.3) is 10.0 Å². The Labute approximate surface area is 124 Å². The van der Waals surface area contributed by atoms with Gasteiger partial charge in [0.05, 0.1) is 5.02 Å². The summed E-state index contributed by atoms with van der Waals surface area (Å²) in [6, 6.07) is 3.16. The van der Waals surface area contributed by atoms with Gasteiger partial charge in [-0.15, -0.1) is 12.4 Å². The van der Waals surface area contributed by atoms with Crippen molar-refractivity contribution in [3.8, 4) is 0 Å². The van der Waals surface area contributed by atoms with E-state index < -0.39 is 10.0 Å². The summed E-state index contributed by atoms with van der Waals surface area (Å²) in [7, 11) is -2.01. The molecule has 1 fully saturated rings. The Balaban J connectivity index is 0.00000180. The van der Waals surface area contributed by atoms with E-state index in [0.29, 0.717) is 0 Å². The van der Waals surface area contributed by atoms with Crippen LogP contribution in [0.2, 0.25) is 5.02 Å². The maximum absolute atomic E-state index is 12.4. The summed E-state index contributed by atoms with van der Waals surface area (Å²) in [5.74, 6) is 0. The predicted octanol–water partition coefficient (Wildman–Crippen LogP) is 1.53. The van der Waals surface area contributed by atoms with Crippen molar-refractivity contribution < 1.29 is 8.42 Å². The molecule has 1 aliphatic rings. The molecule has 8 heteroatoms. The number of pyridine rings is 1. The first-order valence-corrected chi connectivity index (χ1v) is 7.64. The van der Waals surface area contributed by atoms with Crippen LogP contribution in [0, 0.1) is 0 Å². The summed E-state index contributed by atoms with van der Waals surface area (Å²) in [5, 5.41) is 3.31. The van der Waals surface area contributed by atoms with E-state index in [4.69, 9.17) is 11.6 Å². The molecule has 1 N–H and O–H groups in total. The van der Waals surface area contributed by atoms with E-state index in [9.17, 15) is 8.42 Å². The number of aromatic nitrogens is 1. The van der Waals surface area contributed by atoms with Gasteiger partial charge >= 0.3 is 0 Å². The number of hydrogen-bond acceptors (Lipinski definition) is 4. The number of sulfonamides is 1. The van der Waals surface area contributed by atoms with E-state index in [2.05, 4.69) is 10.3 Å². The van der Waals surface area contributed by atoms with Crippen LogP contribution in [0.5, 0.6) is 0 Å². The van der Waals surface area contributed by atoms with Crippen molar-refractivity contribution in [3.63, 3.8) is 0 Å². The van der Waals surface area contributed by atoms with Crippen molar-refractivity contribution in [2.75, 3.05) is 20.1 Å². The Kier molecular flexibility index (Phi) is 6.01. The third kappa shape index (κ3) is 3.58.